The van der Waals surface area contributed by atoms with Gasteiger partial charge in [-0.1, -0.05) is 66.7 Å². The summed E-state index contributed by atoms with van der Waals surface area (Å²) in [6.07, 6.45) is 0.648. The van der Waals surface area contributed by atoms with Gasteiger partial charge in [-0.25, -0.2) is 0 Å². The Morgan fingerprint density at radius 3 is 1.88 bits per heavy atom. The average molecular weight is 457 g/mol. The summed E-state index contributed by atoms with van der Waals surface area (Å²) in [7, 11) is 5.00. The van der Waals surface area contributed by atoms with Gasteiger partial charge in [0.1, 0.15) is 5.41 Å². The second-order valence-electron chi connectivity index (χ2n) is 8.88. The van der Waals surface area contributed by atoms with Crippen LogP contribution in [0.5, 0.6) is 11.5 Å². The number of methoxy groups -OCH3 is 2. The first-order valence-electron chi connectivity index (χ1n) is 11.3. The van der Waals surface area contributed by atoms with E-state index in [4.69, 9.17) is 9.47 Å². The summed E-state index contributed by atoms with van der Waals surface area (Å²) in [6, 6.07) is 27.5. The molecule has 0 fully saturated rings. The molecule has 0 aliphatic carbocycles. The molecular formula is C29H32N2O3. The molecule has 0 unspecified atom stereocenters. The molecule has 0 saturated carbocycles. The molecular weight excluding hydrogens is 424 g/mol. The van der Waals surface area contributed by atoms with Crippen LogP contribution in [-0.4, -0.2) is 38.6 Å². The van der Waals surface area contributed by atoms with Gasteiger partial charge >= 0.3 is 0 Å². The van der Waals surface area contributed by atoms with Crippen LogP contribution in [0.25, 0.3) is 0 Å². The number of hydrogen-bond acceptors (Lipinski definition) is 4. The molecule has 0 aliphatic heterocycles. The van der Waals surface area contributed by atoms with E-state index in [2.05, 4.69) is 6.07 Å². The lowest BCUT2D eigenvalue weighted by Gasteiger charge is -2.43. The predicted molar refractivity (Wildman–Crippen MR) is 134 cm³/mol. The van der Waals surface area contributed by atoms with Crippen LogP contribution in [0.15, 0.2) is 78.9 Å². The topological polar surface area (TPSA) is 62.6 Å². The smallest absolute Gasteiger partial charge is 0.230 e. The van der Waals surface area contributed by atoms with Gasteiger partial charge in [0.2, 0.25) is 5.91 Å². The molecule has 3 aromatic rings. The first-order chi connectivity index (χ1) is 16.3. The van der Waals surface area contributed by atoms with Crippen LogP contribution in [0.2, 0.25) is 0 Å². The molecule has 0 atom stereocenters. The van der Waals surface area contributed by atoms with E-state index >= 15 is 0 Å². The number of nitriles is 1. The van der Waals surface area contributed by atoms with Crippen molar-refractivity contribution in [3.8, 4) is 17.6 Å². The predicted octanol–water partition coefficient (Wildman–Crippen LogP) is 5.24. The molecule has 0 N–H and O–H groups in total. The third-order valence-electron chi connectivity index (χ3n) is 6.58. The highest BCUT2D eigenvalue weighted by molar-refractivity contribution is 5.86. The monoisotopic (exact) mass is 456 g/mol. The molecule has 0 saturated heterocycles. The van der Waals surface area contributed by atoms with Gasteiger partial charge in [-0.3, -0.25) is 4.79 Å². The van der Waals surface area contributed by atoms with Crippen LogP contribution in [0.1, 0.15) is 30.5 Å². The Balaban J connectivity index is 1.93. The lowest BCUT2D eigenvalue weighted by Crippen LogP contribution is -2.52. The van der Waals surface area contributed by atoms with E-state index in [1.54, 1.807) is 26.2 Å². The average Bonchev–Trinajstić information content (AvgIpc) is 2.88. The van der Waals surface area contributed by atoms with Crippen LogP contribution < -0.4 is 9.47 Å². The highest BCUT2D eigenvalue weighted by Crippen LogP contribution is 2.47. The number of rotatable bonds is 9. The van der Waals surface area contributed by atoms with Crippen molar-refractivity contribution in [2.75, 3.05) is 27.8 Å². The summed E-state index contributed by atoms with van der Waals surface area (Å²) in [5.41, 5.74) is 0.458. The van der Waals surface area contributed by atoms with Crippen molar-refractivity contribution in [1.29, 1.82) is 5.26 Å². The molecule has 5 heteroatoms. The number of ether oxygens (including phenoxy) is 2. The molecule has 0 bridgehead atoms. The van der Waals surface area contributed by atoms with Gasteiger partial charge in [0.05, 0.1) is 25.7 Å². The minimum atomic E-state index is -1.15. The Morgan fingerprint density at radius 2 is 1.41 bits per heavy atom. The Morgan fingerprint density at radius 1 is 0.882 bits per heavy atom. The summed E-state index contributed by atoms with van der Waals surface area (Å²) >= 11 is 0. The van der Waals surface area contributed by atoms with E-state index < -0.39 is 10.8 Å². The first kappa shape index (κ1) is 24.9. The summed E-state index contributed by atoms with van der Waals surface area (Å²) in [4.78, 5) is 15.6. The minimum Gasteiger partial charge on any atom is -0.493 e. The summed E-state index contributed by atoms with van der Waals surface area (Å²) in [5, 5.41) is 10.6. The molecule has 0 aliphatic rings. The quantitative estimate of drug-likeness (QED) is 0.442. The fraction of sp³-hybridized carbons (Fsp3) is 0.310. The van der Waals surface area contributed by atoms with E-state index in [0.717, 1.165) is 16.7 Å². The van der Waals surface area contributed by atoms with Gasteiger partial charge < -0.3 is 14.4 Å². The number of hydrogen-bond donors (Lipinski definition) is 0. The Labute approximate surface area is 202 Å². The number of nitrogens with zero attached hydrogens (tertiary/aromatic N) is 2. The molecule has 0 aromatic heterocycles. The van der Waals surface area contributed by atoms with Crippen LogP contribution in [0, 0.1) is 16.7 Å². The molecule has 0 spiro atoms. The summed E-state index contributed by atoms with van der Waals surface area (Å²) in [6.45, 7) is 4.24. The van der Waals surface area contributed by atoms with E-state index in [0.29, 0.717) is 24.5 Å². The largest absolute Gasteiger partial charge is 0.493 e. The van der Waals surface area contributed by atoms with Crippen LogP contribution in [-0.2, 0) is 16.6 Å². The summed E-state index contributed by atoms with van der Waals surface area (Å²) < 4.78 is 10.7. The van der Waals surface area contributed by atoms with Crippen molar-refractivity contribution in [1.82, 2.24) is 4.90 Å². The Hall–Kier alpha value is -3.78. The second kappa shape index (κ2) is 10.4. The van der Waals surface area contributed by atoms with Crippen molar-refractivity contribution in [2.45, 2.75) is 25.7 Å². The van der Waals surface area contributed by atoms with Gasteiger partial charge in [0.25, 0.3) is 0 Å². The van der Waals surface area contributed by atoms with Crippen molar-refractivity contribution in [3.05, 3.63) is 95.6 Å². The molecule has 34 heavy (non-hydrogen) atoms. The van der Waals surface area contributed by atoms with Crippen LogP contribution >= 0.6 is 0 Å². The molecule has 1 amide bonds. The molecule has 5 nitrogen and oxygen atoms in total. The summed E-state index contributed by atoms with van der Waals surface area (Å²) in [5.74, 6) is 1.23. The molecule has 3 aromatic carbocycles. The normalized spacial score (nSPS) is 11.4. The van der Waals surface area contributed by atoms with Crippen molar-refractivity contribution < 1.29 is 14.3 Å². The fourth-order valence-corrected chi connectivity index (χ4v) is 4.61. The van der Waals surface area contributed by atoms with E-state index in [-0.39, 0.29) is 5.91 Å². The zero-order chi connectivity index (χ0) is 24.8. The molecule has 176 valence electrons. The van der Waals surface area contributed by atoms with E-state index in [1.807, 2.05) is 92.7 Å². The lowest BCUT2D eigenvalue weighted by atomic mass is 9.58. The highest BCUT2D eigenvalue weighted by Gasteiger charge is 2.53. The van der Waals surface area contributed by atoms with Crippen LogP contribution in [0.3, 0.4) is 0 Å². The third-order valence-corrected chi connectivity index (χ3v) is 6.58. The van der Waals surface area contributed by atoms with Gasteiger partial charge in [-0.2, -0.15) is 5.26 Å². The second-order valence-corrected chi connectivity index (χ2v) is 8.88. The number of benzene rings is 3. The van der Waals surface area contributed by atoms with Crippen LogP contribution in [0.4, 0.5) is 0 Å². The maximum Gasteiger partial charge on any atom is 0.230 e. The van der Waals surface area contributed by atoms with E-state index in [9.17, 15) is 10.1 Å². The highest BCUT2D eigenvalue weighted by atomic mass is 16.5. The molecule has 3 rings (SSSR count). The number of carbonyl (C=O) groups excluding carboxylic acids is 1. The van der Waals surface area contributed by atoms with Crippen molar-refractivity contribution >= 4 is 5.91 Å². The lowest BCUT2D eigenvalue weighted by molar-refractivity contribution is -0.141. The van der Waals surface area contributed by atoms with Gasteiger partial charge in [-0.15, -0.1) is 0 Å². The number of amides is 1. The number of likely N-dealkylation sites (N-methyl/N-ethyl adjacent to an activating group) is 1. The fourth-order valence-electron chi connectivity index (χ4n) is 4.61. The standard InChI is InChI=1S/C29H32N2O3/c1-28(2,27(32)31(3)19-18-22-16-17-25(33-4)26(20-22)34-5)29(21-30,23-12-8-6-9-13-23)24-14-10-7-11-15-24/h6-17,20H,18-19H2,1-5H3. The van der Waals surface area contributed by atoms with Gasteiger partial charge in [-0.05, 0) is 49.1 Å². The third kappa shape index (κ3) is 4.49. The maximum absolute atomic E-state index is 13.9. The van der Waals surface area contributed by atoms with Gasteiger partial charge in [0, 0.05) is 13.6 Å². The first-order valence-corrected chi connectivity index (χ1v) is 11.3. The van der Waals surface area contributed by atoms with Crippen molar-refractivity contribution in [2.24, 2.45) is 5.41 Å². The zero-order valence-corrected chi connectivity index (χ0v) is 20.5. The van der Waals surface area contributed by atoms with Crippen molar-refractivity contribution in [3.63, 3.8) is 0 Å². The Kier molecular flexibility index (Phi) is 7.63. The van der Waals surface area contributed by atoms with Gasteiger partial charge in [0.15, 0.2) is 11.5 Å². The SMILES string of the molecule is COc1ccc(CCN(C)C(=O)C(C)(C)C(C#N)(c2ccccc2)c2ccccc2)cc1OC. The Bertz CT molecular complexity index is 1110. The van der Waals surface area contributed by atoms with E-state index in [1.165, 1.54) is 0 Å². The molecule has 0 heterocycles. The zero-order valence-electron chi connectivity index (χ0n) is 20.5. The molecule has 0 radical (unpaired) electrons. The maximum atomic E-state index is 13.9. The number of carbonyl (C=O) groups is 1. The minimum absolute atomic E-state index is 0.0952.